The van der Waals surface area contributed by atoms with Crippen molar-refractivity contribution in [3.63, 3.8) is 0 Å². The minimum atomic E-state index is 0.0525. The van der Waals surface area contributed by atoms with Crippen molar-refractivity contribution in [2.45, 2.75) is 38.1 Å². The Labute approximate surface area is 132 Å². The topological polar surface area (TPSA) is 29.1 Å². The lowest BCUT2D eigenvalue weighted by Crippen LogP contribution is -2.34. The Bertz CT molecular complexity index is 588. The van der Waals surface area contributed by atoms with Crippen LogP contribution in [-0.2, 0) is 11.2 Å². The molecule has 114 valence electrons. The average molecular weight is 293 g/mol. The Hall–Kier alpha value is -2.09. The molecule has 1 fully saturated rings. The van der Waals surface area contributed by atoms with E-state index in [1.807, 2.05) is 24.3 Å². The molecule has 2 heteroatoms. The van der Waals surface area contributed by atoms with Crippen LogP contribution >= 0.6 is 0 Å². The monoisotopic (exact) mass is 293 g/mol. The van der Waals surface area contributed by atoms with Gasteiger partial charge in [0.25, 0.3) is 0 Å². The van der Waals surface area contributed by atoms with Gasteiger partial charge in [-0.25, -0.2) is 0 Å². The molecule has 2 aromatic rings. The van der Waals surface area contributed by atoms with E-state index in [0.29, 0.717) is 0 Å². The molecule has 22 heavy (non-hydrogen) atoms. The first-order valence-corrected chi connectivity index (χ1v) is 8.22. The van der Waals surface area contributed by atoms with Gasteiger partial charge in [-0.05, 0) is 30.4 Å². The second-order valence-corrected chi connectivity index (χ2v) is 6.14. The number of hydrogen-bond acceptors (Lipinski definition) is 1. The predicted octanol–water partition coefficient (Wildman–Crippen LogP) is 4.28. The normalized spacial score (nSPS) is 16.4. The van der Waals surface area contributed by atoms with Gasteiger partial charge in [0.15, 0.2) is 0 Å². The van der Waals surface area contributed by atoms with E-state index >= 15 is 0 Å². The lowest BCUT2D eigenvalue weighted by Gasteiger charge is -2.21. The van der Waals surface area contributed by atoms with Crippen LogP contribution in [0, 0.1) is 5.92 Å². The second kappa shape index (κ2) is 7.26. The van der Waals surface area contributed by atoms with Crippen LogP contribution in [0.15, 0.2) is 60.7 Å². The quantitative estimate of drug-likeness (QED) is 0.876. The largest absolute Gasteiger partial charge is 0.349 e. The highest BCUT2D eigenvalue weighted by Gasteiger charge is 2.25. The first-order valence-electron chi connectivity index (χ1n) is 8.22. The van der Waals surface area contributed by atoms with E-state index in [9.17, 15) is 4.79 Å². The standard InChI is InChI=1S/C20H23NO/c22-20(18-13-7-8-14-18)21-19(17-11-5-2-6-12-17)15-16-9-3-1-4-10-16/h1-6,9-12,18-19H,7-8,13-15H2,(H,21,22)/t19-/m0/s1. The van der Waals surface area contributed by atoms with Gasteiger partial charge in [-0.15, -0.1) is 0 Å². The molecular formula is C20H23NO. The number of rotatable bonds is 5. The summed E-state index contributed by atoms with van der Waals surface area (Å²) in [4.78, 5) is 12.5. The predicted molar refractivity (Wildman–Crippen MR) is 89.4 cm³/mol. The minimum Gasteiger partial charge on any atom is -0.349 e. The van der Waals surface area contributed by atoms with Crippen LogP contribution < -0.4 is 5.32 Å². The fourth-order valence-electron chi connectivity index (χ4n) is 3.26. The fourth-order valence-corrected chi connectivity index (χ4v) is 3.26. The Morgan fingerprint density at radius 2 is 1.55 bits per heavy atom. The van der Waals surface area contributed by atoms with Gasteiger partial charge in [-0.2, -0.15) is 0 Å². The molecule has 0 saturated heterocycles. The van der Waals surface area contributed by atoms with Crippen molar-refractivity contribution in [1.29, 1.82) is 0 Å². The van der Waals surface area contributed by atoms with Crippen LogP contribution in [0.4, 0.5) is 0 Å². The van der Waals surface area contributed by atoms with Gasteiger partial charge >= 0.3 is 0 Å². The van der Waals surface area contributed by atoms with E-state index in [-0.39, 0.29) is 17.9 Å². The maximum Gasteiger partial charge on any atom is 0.223 e. The molecule has 0 unspecified atom stereocenters. The molecule has 1 atom stereocenters. The number of benzene rings is 2. The Morgan fingerprint density at radius 3 is 2.18 bits per heavy atom. The third-order valence-corrected chi connectivity index (χ3v) is 4.53. The number of nitrogens with one attached hydrogen (secondary N) is 1. The van der Waals surface area contributed by atoms with Gasteiger partial charge in [0.05, 0.1) is 6.04 Å². The summed E-state index contributed by atoms with van der Waals surface area (Å²) in [7, 11) is 0. The molecule has 1 amide bonds. The molecule has 0 spiro atoms. The Morgan fingerprint density at radius 1 is 0.955 bits per heavy atom. The van der Waals surface area contributed by atoms with Crippen molar-refractivity contribution in [3.8, 4) is 0 Å². The van der Waals surface area contributed by atoms with E-state index in [0.717, 1.165) is 19.3 Å². The van der Waals surface area contributed by atoms with Gasteiger partial charge in [0.2, 0.25) is 5.91 Å². The lowest BCUT2D eigenvalue weighted by atomic mass is 9.97. The summed E-state index contributed by atoms with van der Waals surface area (Å²) in [5.41, 5.74) is 2.43. The van der Waals surface area contributed by atoms with Crippen LogP contribution in [0.1, 0.15) is 42.9 Å². The van der Waals surface area contributed by atoms with E-state index in [1.165, 1.54) is 24.0 Å². The zero-order chi connectivity index (χ0) is 15.2. The molecule has 2 aromatic carbocycles. The summed E-state index contributed by atoms with van der Waals surface area (Å²) >= 11 is 0. The van der Waals surface area contributed by atoms with Gasteiger partial charge in [0, 0.05) is 5.92 Å². The molecule has 0 aromatic heterocycles. The molecule has 0 radical (unpaired) electrons. The SMILES string of the molecule is O=C(N[C@@H](Cc1ccccc1)c1ccccc1)C1CCCC1. The highest BCUT2D eigenvalue weighted by atomic mass is 16.1. The first kappa shape index (κ1) is 14.8. The zero-order valence-electron chi connectivity index (χ0n) is 12.9. The van der Waals surface area contributed by atoms with Gasteiger partial charge in [0.1, 0.15) is 0 Å². The zero-order valence-corrected chi connectivity index (χ0v) is 12.9. The Balaban J connectivity index is 1.75. The van der Waals surface area contributed by atoms with Crippen molar-refractivity contribution < 1.29 is 4.79 Å². The van der Waals surface area contributed by atoms with Crippen LogP contribution in [0.25, 0.3) is 0 Å². The summed E-state index contributed by atoms with van der Waals surface area (Å²) in [6, 6.07) is 20.7. The summed E-state index contributed by atoms with van der Waals surface area (Å²) < 4.78 is 0. The van der Waals surface area contributed by atoms with Gasteiger partial charge in [-0.3, -0.25) is 4.79 Å². The van der Waals surface area contributed by atoms with Crippen LogP contribution in [-0.4, -0.2) is 5.91 Å². The molecule has 1 saturated carbocycles. The smallest absolute Gasteiger partial charge is 0.223 e. The highest BCUT2D eigenvalue weighted by Crippen LogP contribution is 2.26. The van der Waals surface area contributed by atoms with Gasteiger partial charge < -0.3 is 5.32 Å². The van der Waals surface area contributed by atoms with Crippen molar-refractivity contribution in [2.75, 3.05) is 0 Å². The molecule has 0 aliphatic heterocycles. The second-order valence-electron chi connectivity index (χ2n) is 6.14. The van der Waals surface area contributed by atoms with E-state index < -0.39 is 0 Å². The number of carbonyl (C=O) groups excluding carboxylic acids is 1. The van der Waals surface area contributed by atoms with E-state index in [4.69, 9.17) is 0 Å². The molecular weight excluding hydrogens is 270 g/mol. The average Bonchev–Trinajstić information content (AvgIpc) is 3.11. The minimum absolute atomic E-state index is 0.0525. The van der Waals surface area contributed by atoms with Crippen molar-refractivity contribution in [1.82, 2.24) is 5.32 Å². The maximum absolute atomic E-state index is 12.5. The summed E-state index contributed by atoms with van der Waals surface area (Å²) in [5, 5.41) is 3.28. The van der Waals surface area contributed by atoms with E-state index in [2.05, 4.69) is 41.7 Å². The molecule has 1 aliphatic rings. The Kier molecular flexibility index (Phi) is 4.89. The third kappa shape index (κ3) is 3.76. The summed E-state index contributed by atoms with van der Waals surface area (Å²) in [5.74, 6) is 0.435. The van der Waals surface area contributed by atoms with Crippen LogP contribution in [0.2, 0.25) is 0 Å². The molecule has 2 nitrogen and oxygen atoms in total. The lowest BCUT2D eigenvalue weighted by molar-refractivity contribution is -0.125. The first-order chi connectivity index (χ1) is 10.8. The van der Waals surface area contributed by atoms with Crippen molar-refractivity contribution >= 4 is 5.91 Å². The molecule has 0 bridgehead atoms. The van der Waals surface area contributed by atoms with Crippen LogP contribution in [0.3, 0.4) is 0 Å². The van der Waals surface area contributed by atoms with E-state index in [1.54, 1.807) is 0 Å². The number of hydrogen-bond donors (Lipinski definition) is 1. The van der Waals surface area contributed by atoms with Crippen LogP contribution in [0.5, 0.6) is 0 Å². The fraction of sp³-hybridized carbons (Fsp3) is 0.350. The van der Waals surface area contributed by atoms with Gasteiger partial charge in [-0.1, -0.05) is 73.5 Å². The number of carbonyl (C=O) groups is 1. The summed E-state index contributed by atoms with van der Waals surface area (Å²) in [6.45, 7) is 0. The van der Waals surface area contributed by atoms with Crippen molar-refractivity contribution in [3.05, 3.63) is 71.8 Å². The third-order valence-electron chi connectivity index (χ3n) is 4.53. The highest BCUT2D eigenvalue weighted by molar-refractivity contribution is 5.79. The summed E-state index contributed by atoms with van der Waals surface area (Å²) in [6.07, 6.45) is 5.29. The molecule has 0 heterocycles. The maximum atomic E-state index is 12.5. The molecule has 1 N–H and O–H groups in total. The molecule has 3 rings (SSSR count). The van der Waals surface area contributed by atoms with Crippen molar-refractivity contribution in [2.24, 2.45) is 5.92 Å². The molecule has 1 aliphatic carbocycles. The number of amides is 1.